The normalized spacial score (nSPS) is 13.1. The van der Waals surface area contributed by atoms with Crippen LogP contribution in [-0.4, -0.2) is 23.7 Å². The number of amides is 1. The van der Waals surface area contributed by atoms with Crippen molar-refractivity contribution in [1.29, 1.82) is 0 Å². The second-order valence-electron chi connectivity index (χ2n) is 5.04. The molecule has 0 bridgehead atoms. The maximum Gasteiger partial charge on any atom is 0.389 e. The third-order valence-electron chi connectivity index (χ3n) is 3.29. The van der Waals surface area contributed by atoms with Gasteiger partial charge in [0.1, 0.15) is 0 Å². The Balaban J connectivity index is 1.90. The van der Waals surface area contributed by atoms with E-state index in [4.69, 9.17) is 0 Å². The molecule has 0 aliphatic carbocycles. The fraction of sp³-hybridized carbons (Fsp3) is 0.312. The van der Waals surface area contributed by atoms with Crippen molar-refractivity contribution in [2.24, 2.45) is 0 Å². The summed E-state index contributed by atoms with van der Waals surface area (Å²) in [5.41, 5.74) is 0.606. The largest absolute Gasteiger partial charge is 0.389 e. The number of aliphatic hydroxyl groups excluding tert-OH is 1. The van der Waals surface area contributed by atoms with Crippen molar-refractivity contribution in [3.63, 3.8) is 0 Å². The SMILES string of the molecule is O=C(CCC(F)(F)F)NCC(O)c1ccc2ccccc2c1. The predicted octanol–water partition coefficient (Wildman–Crippen LogP) is 3.33. The van der Waals surface area contributed by atoms with Crippen molar-refractivity contribution in [1.82, 2.24) is 5.32 Å². The fourth-order valence-corrected chi connectivity index (χ4v) is 2.09. The highest BCUT2D eigenvalue weighted by molar-refractivity contribution is 5.83. The molecule has 118 valence electrons. The number of carbonyl (C=O) groups excluding carboxylic acids is 1. The molecule has 0 aliphatic rings. The molecule has 0 spiro atoms. The van der Waals surface area contributed by atoms with Crippen molar-refractivity contribution in [2.75, 3.05) is 6.54 Å². The van der Waals surface area contributed by atoms with Crippen molar-refractivity contribution in [2.45, 2.75) is 25.1 Å². The quantitative estimate of drug-likeness (QED) is 0.890. The van der Waals surface area contributed by atoms with Gasteiger partial charge >= 0.3 is 6.18 Å². The Morgan fingerprint density at radius 2 is 1.82 bits per heavy atom. The lowest BCUT2D eigenvalue weighted by Crippen LogP contribution is -2.29. The molecule has 1 unspecified atom stereocenters. The molecule has 1 amide bonds. The van der Waals surface area contributed by atoms with Crippen molar-refractivity contribution >= 4 is 16.7 Å². The maximum atomic E-state index is 12.0. The van der Waals surface area contributed by atoms with Crippen LogP contribution >= 0.6 is 0 Å². The summed E-state index contributed by atoms with van der Waals surface area (Å²) in [6, 6.07) is 13.0. The molecule has 2 rings (SSSR count). The lowest BCUT2D eigenvalue weighted by atomic mass is 10.0. The molecule has 6 heteroatoms. The zero-order chi connectivity index (χ0) is 16.2. The second-order valence-corrected chi connectivity index (χ2v) is 5.04. The fourth-order valence-electron chi connectivity index (χ4n) is 2.09. The lowest BCUT2D eigenvalue weighted by molar-refractivity contribution is -0.144. The van der Waals surface area contributed by atoms with Crippen LogP contribution in [-0.2, 0) is 4.79 Å². The monoisotopic (exact) mass is 311 g/mol. The standard InChI is InChI=1S/C16H16F3NO2/c17-16(18,19)8-7-15(22)20-10-14(21)13-6-5-11-3-1-2-4-12(11)9-13/h1-6,9,14,21H,7-8,10H2,(H,20,22). The van der Waals surface area contributed by atoms with E-state index in [0.29, 0.717) is 5.56 Å². The van der Waals surface area contributed by atoms with E-state index in [1.165, 1.54) is 0 Å². The van der Waals surface area contributed by atoms with Crippen LogP contribution in [0, 0.1) is 0 Å². The van der Waals surface area contributed by atoms with Crippen LogP contribution in [0.2, 0.25) is 0 Å². The van der Waals surface area contributed by atoms with Gasteiger partial charge in [-0.05, 0) is 22.4 Å². The van der Waals surface area contributed by atoms with Gasteiger partial charge in [0.25, 0.3) is 0 Å². The van der Waals surface area contributed by atoms with Crippen LogP contribution in [0.3, 0.4) is 0 Å². The zero-order valence-corrected chi connectivity index (χ0v) is 11.7. The molecule has 0 heterocycles. The molecule has 2 aromatic rings. The first-order chi connectivity index (χ1) is 10.3. The van der Waals surface area contributed by atoms with E-state index in [9.17, 15) is 23.1 Å². The van der Waals surface area contributed by atoms with Gasteiger partial charge in [-0.15, -0.1) is 0 Å². The van der Waals surface area contributed by atoms with Crippen LogP contribution in [0.15, 0.2) is 42.5 Å². The first kappa shape index (κ1) is 16.3. The average Bonchev–Trinajstić information content (AvgIpc) is 2.49. The average molecular weight is 311 g/mol. The van der Waals surface area contributed by atoms with Crippen molar-refractivity contribution in [3.8, 4) is 0 Å². The summed E-state index contributed by atoms with van der Waals surface area (Å²) in [6.45, 7) is -0.116. The number of rotatable bonds is 5. The van der Waals surface area contributed by atoms with Crippen LogP contribution in [0.4, 0.5) is 13.2 Å². The summed E-state index contributed by atoms with van der Waals surface area (Å²) in [4.78, 5) is 11.3. The minimum absolute atomic E-state index is 0.116. The Kier molecular flexibility index (Phi) is 5.03. The molecular weight excluding hydrogens is 295 g/mol. The van der Waals surface area contributed by atoms with Gasteiger partial charge in [0, 0.05) is 13.0 Å². The van der Waals surface area contributed by atoms with E-state index in [1.807, 2.05) is 30.3 Å². The maximum absolute atomic E-state index is 12.0. The number of benzene rings is 2. The predicted molar refractivity (Wildman–Crippen MR) is 77.2 cm³/mol. The second kappa shape index (κ2) is 6.79. The minimum Gasteiger partial charge on any atom is -0.387 e. The van der Waals surface area contributed by atoms with E-state index in [0.717, 1.165) is 10.8 Å². The highest BCUT2D eigenvalue weighted by Crippen LogP contribution is 2.22. The van der Waals surface area contributed by atoms with Gasteiger partial charge in [-0.25, -0.2) is 0 Å². The molecular formula is C16H16F3NO2. The van der Waals surface area contributed by atoms with Gasteiger partial charge in [0.05, 0.1) is 12.5 Å². The molecule has 1 atom stereocenters. The van der Waals surface area contributed by atoms with Crippen LogP contribution in [0.1, 0.15) is 24.5 Å². The van der Waals surface area contributed by atoms with Gasteiger partial charge in [-0.1, -0.05) is 36.4 Å². The number of carbonyl (C=O) groups is 1. The molecule has 0 aromatic heterocycles. The number of nitrogens with one attached hydrogen (secondary N) is 1. The van der Waals surface area contributed by atoms with E-state index in [-0.39, 0.29) is 6.54 Å². The first-order valence-electron chi connectivity index (χ1n) is 6.85. The third-order valence-corrected chi connectivity index (χ3v) is 3.29. The molecule has 0 aliphatic heterocycles. The topological polar surface area (TPSA) is 49.3 Å². The molecule has 22 heavy (non-hydrogen) atoms. The summed E-state index contributed by atoms with van der Waals surface area (Å²) in [6.07, 6.45) is -7.10. The Morgan fingerprint density at radius 3 is 2.50 bits per heavy atom. The first-order valence-corrected chi connectivity index (χ1v) is 6.85. The van der Waals surface area contributed by atoms with Crippen LogP contribution in [0.5, 0.6) is 0 Å². The molecule has 2 aromatic carbocycles. The molecule has 3 nitrogen and oxygen atoms in total. The Hall–Kier alpha value is -2.08. The van der Waals surface area contributed by atoms with Gasteiger partial charge in [-0.2, -0.15) is 13.2 Å². The van der Waals surface area contributed by atoms with Gasteiger partial charge in [0.2, 0.25) is 5.91 Å². The number of hydrogen-bond acceptors (Lipinski definition) is 2. The van der Waals surface area contributed by atoms with Crippen LogP contribution < -0.4 is 5.32 Å². The molecule has 2 N–H and O–H groups in total. The summed E-state index contributed by atoms with van der Waals surface area (Å²) in [5.74, 6) is -0.725. The number of halogens is 3. The smallest absolute Gasteiger partial charge is 0.387 e. The van der Waals surface area contributed by atoms with Crippen molar-refractivity contribution in [3.05, 3.63) is 48.0 Å². The third kappa shape index (κ3) is 4.73. The summed E-state index contributed by atoms with van der Waals surface area (Å²) >= 11 is 0. The van der Waals surface area contributed by atoms with E-state index >= 15 is 0 Å². The van der Waals surface area contributed by atoms with Gasteiger partial charge in [0.15, 0.2) is 0 Å². The van der Waals surface area contributed by atoms with E-state index in [1.54, 1.807) is 12.1 Å². The zero-order valence-electron chi connectivity index (χ0n) is 11.7. The van der Waals surface area contributed by atoms with E-state index in [2.05, 4.69) is 5.32 Å². The highest BCUT2D eigenvalue weighted by Gasteiger charge is 2.27. The summed E-state index contributed by atoms with van der Waals surface area (Å²) < 4.78 is 36.0. The molecule has 0 saturated carbocycles. The number of alkyl halides is 3. The van der Waals surface area contributed by atoms with Crippen LogP contribution in [0.25, 0.3) is 10.8 Å². The molecule has 0 saturated heterocycles. The Morgan fingerprint density at radius 1 is 1.14 bits per heavy atom. The summed E-state index contributed by atoms with van der Waals surface area (Å²) in [5, 5.41) is 14.3. The number of hydrogen-bond donors (Lipinski definition) is 2. The van der Waals surface area contributed by atoms with Gasteiger partial charge < -0.3 is 10.4 Å². The minimum atomic E-state index is -4.35. The molecule has 0 radical (unpaired) electrons. The number of fused-ring (bicyclic) bond motifs is 1. The Labute approximate surface area is 125 Å². The Bertz CT molecular complexity index is 655. The van der Waals surface area contributed by atoms with E-state index < -0.39 is 31.0 Å². The lowest BCUT2D eigenvalue weighted by Gasteiger charge is -2.13. The number of aliphatic hydroxyl groups is 1. The summed E-state index contributed by atoms with van der Waals surface area (Å²) in [7, 11) is 0. The molecule has 0 fully saturated rings. The van der Waals surface area contributed by atoms with Crippen molar-refractivity contribution < 1.29 is 23.1 Å². The highest BCUT2D eigenvalue weighted by atomic mass is 19.4. The van der Waals surface area contributed by atoms with Gasteiger partial charge in [-0.3, -0.25) is 4.79 Å².